The van der Waals surface area contributed by atoms with E-state index in [0.717, 1.165) is 18.7 Å². The Kier molecular flexibility index (Phi) is 3.95. The van der Waals surface area contributed by atoms with Gasteiger partial charge in [-0.15, -0.1) is 0 Å². The lowest BCUT2D eigenvalue weighted by molar-refractivity contribution is 0.441. The van der Waals surface area contributed by atoms with E-state index in [9.17, 15) is 0 Å². The molecule has 4 N–H and O–H groups in total. The van der Waals surface area contributed by atoms with Crippen molar-refractivity contribution < 1.29 is 0 Å². The molecule has 0 aromatic carbocycles. The highest BCUT2D eigenvalue weighted by molar-refractivity contribution is 5.78. The number of guanidine groups is 1. The van der Waals surface area contributed by atoms with Crippen LogP contribution in [0.3, 0.4) is 0 Å². The molecule has 1 aromatic heterocycles. The molecule has 6 heteroatoms. The molecule has 1 aromatic rings. The predicted octanol–water partition coefficient (Wildman–Crippen LogP) is 1.10. The molecule has 17 heavy (non-hydrogen) atoms. The maximum absolute atomic E-state index is 5.89. The third-order valence-corrected chi connectivity index (χ3v) is 3.10. The molecule has 94 valence electrons. The molecule has 0 radical (unpaired) electrons. The van der Waals surface area contributed by atoms with E-state index in [4.69, 9.17) is 5.73 Å². The second-order valence-electron chi connectivity index (χ2n) is 4.54. The average molecular weight is 236 g/mol. The van der Waals surface area contributed by atoms with Crippen molar-refractivity contribution in [2.45, 2.75) is 51.1 Å². The van der Waals surface area contributed by atoms with Gasteiger partial charge in [-0.2, -0.15) is 5.10 Å². The van der Waals surface area contributed by atoms with Gasteiger partial charge >= 0.3 is 0 Å². The first-order valence-corrected chi connectivity index (χ1v) is 6.21. The Morgan fingerprint density at radius 1 is 1.53 bits per heavy atom. The highest BCUT2D eigenvalue weighted by Gasteiger charge is 2.14. The summed E-state index contributed by atoms with van der Waals surface area (Å²) in [5.41, 5.74) is 5.89. The summed E-state index contributed by atoms with van der Waals surface area (Å²) >= 11 is 0. The van der Waals surface area contributed by atoms with Crippen LogP contribution in [0.2, 0.25) is 0 Å². The monoisotopic (exact) mass is 236 g/mol. The molecule has 1 saturated carbocycles. The minimum absolute atomic E-state index is 0.00448. The van der Waals surface area contributed by atoms with Crippen LogP contribution in [0.4, 0.5) is 0 Å². The van der Waals surface area contributed by atoms with Crippen LogP contribution in [-0.2, 0) is 0 Å². The van der Waals surface area contributed by atoms with E-state index in [-0.39, 0.29) is 6.04 Å². The Labute approximate surface area is 101 Å². The van der Waals surface area contributed by atoms with E-state index in [1.165, 1.54) is 25.6 Å². The normalized spacial score (nSPS) is 20.2. The number of hydrogen-bond donors (Lipinski definition) is 3. The lowest BCUT2D eigenvalue weighted by Crippen LogP contribution is -2.35. The van der Waals surface area contributed by atoms with Crippen LogP contribution in [0.5, 0.6) is 0 Å². The first kappa shape index (κ1) is 11.9. The third kappa shape index (κ3) is 3.44. The molecule has 0 aliphatic heterocycles. The zero-order valence-electron chi connectivity index (χ0n) is 10.2. The van der Waals surface area contributed by atoms with Crippen molar-refractivity contribution in [3.8, 4) is 0 Å². The van der Waals surface area contributed by atoms with Crippen LogP contribution in [0, 0.1) is 0 Å². The molecule has 0 amide bonds. The van der Waals surface area contributed by atoms with Crippen LogP contribution in [-0.4, -0.2) is 27.2 Å². The van der Waals surface area contributed by atoms with Gasteiger partial charge in [0.2, 0.25) is 0 Å². The Bertz CT molecular complexity index is 352. The molecule has 1 aliphatic carbocycles. The van der Waals surface area contributed by atoms with Gasteiger partial charge in [-0.05, 0) is 19.8 Å². The number of rotatable bonds is 3. The van der Waals surface area contributed by atoms with E-state index in [2.05, 4.69) is 25.5 Å². The molecule has 1 aliphatic rings. The molecule has 0 bridgehead atoms. The molecular weight excluding hydrogens is 216 g/mol. The molecule has 2 rings (SSSR count). The van der Waals surface area contributed by atoms with Gasteiger partial charge < -0.3 is 11.1 Å². The van der Waals surface area contributed by atoms with Crippen LogP contribution in [0.15, 0.2) is 11.3 Å². The van der Waals surface area contributed by atoms with Crippen LogP contribution in [0.1, 0.15) is 50.9 Å². The van der Waals surface area contributed by atoms with Crippen molar-refractivity contribution >= 4 is 5.96 Å². The standard InChI is InChI=1S/C11H20N6/c1-8(10-13-7-14-17-10)15-11(12)16-9-5-3-2-4-6-9/h7-9H,2-6H2,1H3,(H3,12,15,16)(H,13,14,17). The highest BCUT2D eigenvalue weighted by atomic mass is 15.2. The fraction of sp³-hybridized carbons (Fsp3) is 0.727. The number of aromatic amines is 1. The molecule has 1 atom stereocenters. The van der Waals surface area contributed by atoms with E-state index in [1.54, 1.807) is 0 Å². The van der Waals surface area contributed by atoms with Gasteiger partial charge in [0.15, 0.2) is 5.96 Å². The zero-order valence-corrected chi connectivity index (χ0v) is 10.2. The number of H-pyrrole nitrogens is 1. The lowest BCUT2D eigenvalue weighted by atomic mass is 9.96. The number of aliphatic imine (C=N–C) groups is 1. The van der Waals surface area contributed by atoms with Gasteiger partial charge in [0, 0.05) is 0 Å². The van der Waals surface area contributed by atoms with Crippen molar-refractivity contribution in [2.75, 3.05) is 0 Å². The molecule has 1 fully saturated rings. The van der Waals surface area contributed by atoms with Crippen molar-refractivity contribution in [1.82, 2.24) is 20.5 Å². The summed E-state index contributed by atoms with van der Waals surface area (Å²) < 4.78 is 0. The van der Waals surface area contributed by atoms with Crippen LogP contribution in [0.25, 0.3) is 0 Å². The maximum Gasteiger partial charge on any atom is 0.189 e. The summed E-state index contributed by atoms with van der Waals surface area (Å²) in [6, 6.07) is 0.392. The Balaban J connectivity index is 1.87. The van der Waals surface area contributed by atoms with Gasteiger partial charge in [0.25, 0.3) is 0 Å². The summed E-state index contributed by atoms with van der Waals surface area (Å²) in [5, 5.41) is 9.74. The van der Waals surface area contributed by atoms with Crippen molar-refractivity contribution in [1.29, 1.82) is 0 Å². The number of aromatic nitrogens is 3. The second-order valence-corrected chi connectivity index (χ2v) is 4.54. The second kappa shape index (κ2) is 5.65. The first-order valence-electron chi connectivity index (χ1n) is 6.21. The summed E-state index contributed by atoms with van der Waals surface area (Å²) in [7, 11) is 0. The van der Waals surface area contributed by atoms with Gasteiger partial charge in [-0.25, -0.2) is 4.98 Å². The Morgan fingerprint density at radius 2 is 2.29 bits per heavy atom. The topological polar surface area (TPSA) is 92.0 Å². The van der Waals surface area contributed by atoms with E-state index in [0.29, 0.717) is 12.0 Å². The number of nitrogens with two attached hydrogens (primary N) is 1. The quantitative estimate of drug-likeness (QED) is 0.541. The molecule has 6 nitrogen and oxygen atoms in total. The predicted molar refractivity (Wildman–Crippen MR) is 66.4 cm³/mol. The largest absolute Gasteiger partial charge is 0.370 e. The van der Waals surface area contributed by atoms with Crippen LogP contribution >= 0.6 is 0 Å². The minimum atomic E-state index is 0.00448. The molecule has 0 saturated heterocycles. The van der Waals surface area contributed by atoms with Crippen LogP contribution < -0.4 is 11.1 Å². The fourth-order valence-corrected chi connectivity index (χ4v) is 2.16. The number of hydrogen-bond acceptors (Lipinski definition) is 3. The van der Waals surface area contributed by atoms with Gasteiger partial charge in [-0.3, -0.25) is 10.1 Å². The first-order chi connectivity index (χ1) is 8.25. The highest BCUT2D eigenvalue weighted by Crippen LogP contribution is 2.20. The van der Waals surface area contributed by atoms with Gasteiger partial charge in [-0.1, -0.05) is 19.3 Å². The third-order valence-electron chi connectivity index (χ3n) is 3.10. The molecular formula is C11H20N6. The Hall–Kier alpha value is -1.59. The molecule has 1 heterocycles. The van der Waals surface area contributed by atoms with Gasteiger partial charge in [0.05, 0.1) is 12.1 Å². The smallest absolute Gasteiger partial charge is 0.189 e. The molecule has 0 spiro atoms. The summed E-state index contributed by atoms with van der Waals surface area (Å²) in [6.07, 6.45) is 7.64. The zero-order chi connectivity index (χ0) is 12.1. The number of nitrogens with one attached hydrogen (secondary N) is 2. The fourth-order valence-electron chi connectivity index (χ4n) is 2.16. The minimum Gasteiger partial charge on any atom is -0.370 e. The van der Waals surface area contributed by atoms with Crippen molar-refractivity contribution in [3.63, 3.8) is 0 Å². The average Bonchev–Trinajstić information content (AvgIpc) is 2.83. The maximum atomic E-state index is 5.89. The van der Waals surface area contributed by atoms with Crippen molar-refractivity contribution in [2.24, 2.45) is 10.7 Å². The SMILES string of the molecule is CC(NC(N)=NC1CCCCC1)c1ncn[nH]1. The summed E-state index contributed by atoms with van der Waals surface area (Å²) in [4.78, 5) is 8.58. The van der Waals surface area contributed by atoms with E-state index < -0.39 is 0 Å². The molecule has 1 unspecified atom stereocenters. The van der Waals surface area contributed by atoms with Crippen molar-refractivity contribution in [3.05, 3.63) is 12.2 Å². The van der Waals surface area contributed by atoms with Gasteiger partial charge in [0.1, 0.15) is 12.2 Å². The summed E-state index contributed by atoms with van der Waals surface area (Å²) in [5.74, 6) is 1.27. The number of nitrogens with zero attached hydrogens (tertiary/aromatic N) is 3. The lowest BCUT2D eigenvalue weighted by Gasteiger charge is -2.19. The van der Waals surface area contributed by atoms with E-state index in [1.807, 2.05) is 6.92 Å². The van der Waals surface area contributed by atoms with E-state index >= 15 is 0 Å². The Morgan fingerprint density at radius 3 is 2.94 bits per heavy atom. The summed E-state index contributed by atoms with van der Waals surface area (Å²) in [6.45, 7) is 1.98.